The molecular formula is C15H11ClN2O5S. The number of anilines is 1. The summed E-state index contributed by atoms with van der Waals surface area (Å²) in [6.07, 6.45) is 0.508. The van der Waals surface area contributed by atoms with Crippen LogP contribution in [0, 0.1) is 10.1 Å². The number of nitro groups is 1. The number of amides is 1. The molecular weight excluding hydrogens is 356 g/mol. The average molecular weight is 367 g/mol. The van der Waals surface area contributed by atoms with Crippen molar-refractivity contribution in [2.24, 2.45) is 0 Å². The zero-order chi connectivity index (χ0) is 17.5. The molecule has 0 N–H and O–H groups in total. The van der Waals surface area contributed by atoms with Gasteiger partial charge in [0.1, 0.15) is 0 Å². The summed E-state index contributed by atoms with van der Waals surface area (Å²) in [5, 5.41) is 10.7. The van der Waals surface area contributed by atoms with Gasteiger partial charge >= 0.3 is 0 Å². The maximum Gasteiger partial charge on any atom is 0.269 e. The van der Waals surface area contributed by atoms with Crippen molar-refractivity contribution in [1.82, 2.24) is 0 Å². The number of benzene rings is 2. The van der Waals surface area contributed by atoms with E-state index in [0.29, 0.717) is 29.8 Å². The van der Waals surface area contributed by atoms with E-state index in [4.69, 9.17) is 10.7 Å². The molecule has 1 aliphatic rings. The second kappa shape index (κ2) is 5.88. The number of hydrogen-bond acceptors (Lipinski definition) is 5. The highest BCUT2D eigenvalue weighted by molar-refractivity contribution is 8.13. The van der Waals surface area contributed by atoms with Crippen LogP contribution in [0.15, 0.2) is 47.4 Å². The lowest BCUT2D eigenvalue weighted by molar-refractivity contribution is -0.384. The molecule has 0 aliphatic carbocycles. The van der Waals surface area contributed by atoms with Crippen LogP contribution in [0.4, 0.5) is 11.4 Å². The van der Waals surface area contributed by atoms with Crippen LogP contribution in [0.25, 0.3) is 0 Å². The third-order valence-corrected chi connectivity index (χ3v) is 5.15. The summed E-state index contributed by atoms with van der Waals surface area (Å²) in [7, 11) is 1.51. The van der Waals surface area contributed by atoms with E-state index in [9.17, 15) is 23.3 Å². The van der Waals surface area contributed by atoms with Gasteiger partial charge in [-0.1, -0.05) is 0 Å². The fourth-order valence-electron chi connectivity index (χ4n) is 2.62. The maximum atomic E-state index is 12.6. The minimum Gasteiger partial charge on any atom is -0.308 e. The van der Waals surface area contributed by atoms with Crippen LogP contribution < -0.4 is 4.90 Å². The standard InChI is InChI=1S/C15H11ClN2O5S/c16-24(22,23)13-5-6-14-11(9-13)7-8-17(14)15(19)10-1-3-12(4-2-10)18(20)21/h1-6,9H,7-8H2. The average Bonchev–Trinajstić information content (AvgIpc) is 2.96. The van der Waals surface area contributed by atoms with Gasteiger partial charge in [-0.3, -0.25) is 14.9 Å². The van der Waals surface area contributed by atoms with Crippen molar-refractivity contribution in [2.45, 2.75) is 11.3 Å². The van der Waals surface area contributed by atoms with Crippen LogP contribution in [-0.4, -0.2) is 25.8 Å². The lowest BCUT2D eigenvalue weighted by Crippen LogP contribution is -2.28. The monoisotopic (exact) mass is 366 g/mol. The number of halogens is 1. The quantitative estimate of drug-likeness (QED) is 0.472. The van der Waals surface area contributed by atoms with Crippen LogP contribution in [0.1, 0.15) is 15.9 Å². The van der Waals surface area contributed by atoms with Crippen molar-refractivity contribution in [3.63, 3.8) is 0 Å². The van der Waals surface area contributed by atoms with E-state index >= 15 is 0 Å². The summed E-state index contributed by atoms with van der Waals surface area (Å²) in [4.78, 5) is 24.2. The summed E-state index contributed by atoms with van der Waals surface area (Å²) in [5.41, 5.74) is 1.56. The Balaban J connectivity index is 1.90. The first-order chi connectivity index (χ1) is 11.3. The zero-order valence-electron chi connectivity index (χ0n) is 12.2. The fourth-order valence-corrected chi connectivity index (χ4v) is 3.42. The SMILES string of the molecule is O=C(c1ccc([N+](=O)[O-])cc1)N1CCc2cc(S(=O)(=O)Cl)ccc21. The largest absolute Gasteiger partial charge is 0.308 e. The van der Waals surface area contributed by atoms with Crippen molar-refractivity contribution < 1.29 is 18.1 Å². The van der Waals surface area contributed by atoms with Crippen molar-refractivity contribution in [3.8, 4) is 0 Å². The van der Waals surface area contributed by atoms with E-state index in [0.717, 1.165) is 0 Å². The van der Waals surface area contributed by atoms with E-state index < -0.39 is 14.0 Å². The van der Waals surface area contributed by atoms with Crippen molar-refractivity contribution in [1.29, 1.82) is 0 Å². The molecule has 3 rings (SSSR count). The van der Waals surface area contributed by atoms with Gasteiger partial charge in [0.2, 0.25) is 0 Å². The van der Waals surface area contributed by atoms with Gasteiger partial charge in [0.05, 0.1) is 9.82 Å². The van der Waals surface area contributed by atoms with Crippen molar-refractivity contribution in [2.75, 3.05) is 11.4 Å². The molecule has 0 saturated heterocycles. The first-order valence-corrected chi connectivity index (χ1v) is 9.22. The molecule has 0 radical (unpaired) electrons. The molecule has 0 fully saturated rings. The zero-order valence-corrected chi connectivity index (χ0v) is 13.7. The molecule has 0 aromatic heterocycles. The second-order valence-electron chi connectivity index (χ2n) is 5.24. The lowest BCUT2D eigenvalue weighted by atomic mass is 10.1. The Morgan fingerprint density at radius 1 is 1.17 bits per heavy atom. The Kier molecular flexibility index (Phi) is 4.02. The molecule has 124 valence electrons. The summed E-state index contributed by atoms with van der Waals surface area (Å²) < 4.78 is 22.8. The first-order valence-electron chi connectivity index (χ1n) is 6.91. The predicted octanol–water partition coefficient (Wildman–Crippen LogP) is 2.73. The molecule has 0 spiro atoms. The molecule has 1 aliphatic heterocycles. The Morgan fingerprint density at radius 2 is 1.83 bits per heavy atom. The number of nitro benzene ring substituents is 1. The van der Waals surface area contributed by atoms with Gasteiger partial charge in [0, 0.05) is 40.6 Å². The van der Waals surface area contributed by atoms with E-state index in [1.165, 1.54) is 41.3 Å². The minimum absolute atomic E-state index is 0.00690. The molecule has 1 amide bonds. The van der Waals surface area contributed by atoms with Gasteiger partial charge in [0.25, 0.3) is 20.6 Å². The smallest absolute Gasteiger partial charge is 0.269 e. The molecule has 1 heterocycles. The highest BCUT2D eigenvalue weighted by atomic mass is 35.7. The van der Waals surface area contributed by atoms with Gasteiger partial charge in [-0.2, -0.15) is 0 Å². The van der Waals surface area contributed by atoms with E-state index in [1.807, 2.05) is 0 Å². The van der Waals surface area contributed by atoms with Crippen molar-refractivity contribution >= 4 is 37.0 Å². The van der Waals surface area contributed by atoms with Crippen LogP contribution in [0.3, 0.4) is 0 Å². The Morgan fingerprint density at radius 3 is 2.42 bits per heavy atom. The number of nitrogens with zero attached hydrogens (tertiary/aromatic N) is 2. The summed E-state index contributed by atoms with van der Waals surface area (Å²) in [5.74, 6) is -0.301. The third kappa shape index (κ3) is 2.98. The normalized spacial score (nSPS) is 13.6. The first kappa shape index (κ1) is 16.4. The van der Waals surface area contributed by atoms with Crippen LogP contribution in [0.5, 0.6) is 0 Å². The second-order valence-corrected chi connectivity index (χ2v) is 7.81. The van der Waals surface area contributed by atoms with Gasteiger partial charge in [-0.25, -0.2) is 8.42 Å². The van der Waals surface area contributed by atoms with Gasteiger partial charge in [0.15, 0.2) is 0 Å². The summed E-state index contributed by atoms with van der Waals surface area (Å²) in [6.45, 7) is 0.400. The Bertz CT molecular complexity index is 941. The highest BCUT2D eigenvalue weighted by Crippen LogP contribution is 2.32. The lowest BCUT2D eigenvalue weighted by Gasteiger charge is -2.17. The molecule has 24 heavy (non-hydrogen) atoms. The third-order valence-electron chi connectivity index (χ3n) is 3.80. The van der Waals surface area contributed by atoms with Crippen LogP contribution in [-0.2, 0) is 15.5 Å². The number of non-ortho nitro benzene ring substituents is 1. The van der Waals surface area contributed by atoms with Gasteiger partial charge < -0.3 is 4.90 Å². The number of carbonyl (C=O) groups is 1. The molecule has 7 nitrogen and oxygen atoms in total. The molecule has 0 saturated carbocycles. The minimum atomic E-state index is -3.82. The van der Waals surface area contributed by atoms with E-state index in [1.54, 1.807) is 6.07 Å². The van der Waals surface area contributed by atoms with Crippen molar-refractivity contribution in [3.05, 3.63) is 63.7 Å². The number of fused-ring (bicyclic) bond motifs is 1. The molecule has 0 unspecified atom stereocenters. The fraction of sp³-hybridized carbons (Fsp3) is 0.133. The Labute approximate surface area is 142 Å². The predicted molar refractivity (Wildman–Crippen MR) is 88.0 cm³/mol. The summed E-state index contributed by atoms with van der Waals surface area (Å²) >= 11 is 0. The van der Waals surface area contributed by atoms with Gasteiger partial charge in [-0.15, -0.1) is 0 Å². The maximum absolute atomic E-state index is 12.6. The van der Waals surface area contributed by atoms with Crippen LogP contribution >= 0.6 is 10.7 Å². The van der Waals surface area contributed by atoms with E-state index in [2.05, 4.69) is 0 Å². The molecule has 2 aromatic carbocycles. The molecule has 0 atom stereocenters. The molecule has 2 aromatic rings. The molecule has 9 heteroatoms. The van der Waals surface area contributed by atoms with E-state index in [-0.39, 0.29) is 16.5 Å². The number of hydrogen-bond donors (Lipinski definition) is 0. The van der Waals surface area contributed by atoms with Crippen LogP contribution in [0.2, 0.25) is 0 Å². The summed E-state index contributed by atoms with van der Waals surface area (Å²) in [6, 6.07) is 9.69. The Hall–Kier alpha value is -2.45. The topological polar surface area (TPSA) is 97.6 Å². The highest BCUT2D eigenvalue weighted by Gasteiger charge is 2.27. The number of rotatable bonds is 3. The molecule has 0 bridgehead atoms. The van der Waals surface area contributed by atoms with Gasteiger partial charge in [-0.05, 0) is 42.3 Å². The number of carbonyl (C=O) groups excluding carboxylic acids is 1.